The lowest BCUT2D eigenvalue weighted by Crippen LogP contribution is -2.46. The Morgan fingerprint density at radius 3 is 1.62 bits per heavy atom. The summed E-state index contributed by atoms with van der Waals surface area (Å²) >= 11 is 0. The first-order valence-electron chi connectivity index (χ1n) is 2.93. The van der Waals surface area contributed by atoms with Crippen molar-refractivity contribution in [1.82, 2.24) is 0 Å². The normalized spacial score (nSPS) is 18.5. The third kappa shape index (κ3) is 4.91. The van der Waals surface area contributed by atoms with E-state index in [2.05, 4.69) is 5.73 Å². The molecule has 0 saturated carbocycles. The summed E-state index contributed by atoms with van der Waals surface area (Å²) in [6, 6.07) is -3.14. The highest BCUT2D eigenvalue weighted by molar-refractivity contribution is 4.93. The zero-order chi connectivity index (χ0) is 10.9. The molecule has 0 aromatic heterocycles. The van der Waals surface area contributed by atoms with Gasteiger partial charge in [0.05, 0.1) is 0 Å². The molecule has 13 heavy (non-hydrogen) atoms. The van der Waals surface area contributed by atoms with Gasteiger partial charge in [-0.3, -0.25) is 0 Å². The van der Waals surface area contributed by atoms with Crippen molar-refractivity contribution in [3.8, 4) is 0 Å². The van der Waals surface area contributed by atoms with Crippen LogP contribution in [0.15, 0.2) is 0 Å². The molecular formula is C5H5F7N. The lowest BCUT2D eigenvalue weighted by atomic mass is 10.1. The van der Waals surface area contributed by atoms with Crippen molar-refractivity contribution >= 4 is 0 Å². The number of nitrogens with two attached hydrogens (primary N) is 1. The van der Waals surface area contributed by atoms with Gasteiger partial charge in [0.2, 0.25) is 0 Å². The van der Waals surface area contributed by atoms with Crippen LogP contribution in [0.25, 0.3) is 0 Å². The predicted molar refractivity (Wildman–Crippen MR) is 29.3 cm³/mol. The second-order valence-electron chi connectivity index (χ2n) is 2.22. The van der Waals surface area contributed by atoms with Gasteiger partial charge in [0, 0.05) is 0 Å². The Bertz CT molecular complexity index is 159. The Morgan fingerprint density at radius 2 is 1.38 bits per heavy atom. The molecule has 0 bridgehead atoms. The molecule has 0 aliphatic heterocycles. The average molecular weight is 212 g/mol. The molecule has 0 saturated heterocycles. The lowest BCUT2D eigenvalue weighted by molar-refractivity contribution is -0.166. The van der Waals surface area contributed by atoms with Gasteiger partial charge in [-0.1, -0.05) is 0 Å². The van der Waals surface area contributed by atoms with E-state index in [1.165, 1.54) is 0 Å². The summed E-state index contributed by atoms with van der Waals surface area (Å²) in [6.07, 6.45) is -14.6. The van der Waals surface area contributed by atoms with Crippen LogP contribution >= 0.6 is 0 Å². The van der Waals surface area contributed by atoms with E-state index >= 15 is 0 Å². The third-order valence-corrected chi connectivity index (χ3v) is 1.07. The first-order chi connectivity index (χ1) is 5.54. The summed E-state index contributed by atoms with van der Waals surface area (Å²) in [6.45, 7) is 0. The largest absolute Gasteiger partial charge is 0.406 e. The first kappa shape index (κ1) is 12.5. The van der Waals surface area contributed by atoms with Crippen LogP contribution in [0.2, 0.25) is 0 Å². The van der Waals surface area contributed by atoms with Gasteiger partial charge in [0.1, 0.15) is 18.6 Å². The molecule has 2 unspecified atom stereocenters. The molecule has 79 valence electrons. The Kier molecular flexibility index (Phi) is 3.54. The van der Waals surface area contributed by atoms with Gasteiger partial charge in [0.25, 0.3) is 0 Å². The molecule has 0 aromatic carbocycles. The van der Waals surface area contributed by atoms with Gasteiger partial charge in [-0.15, -0.1) is 0 Å². The highest BCUT2D eigenvalue weighted by Crippen LogP contribution is 2.28. The molecule has 0 heterocycles. The molecular weight excluding hydrogens is 207 g/mol. The number of halogens is 7. The highest BCUT2D eigenvalue weighted by Gasteiger charge is 2.46. The van der Waals surface area contributed by atoms with Crippen LogP contribution in [0.5, 0.6) is 0 Å². The highest BCUT2D eigenvalue weighted by atomic mass is 19.4. The fourth-order valence-corrected chi connectivity index (χ4v) is 0.465. The quantitative estimate of drug-likeness (QED) is 0.696. The zero-order valence-corrected chi connectivity index (χ0v) is 5.96. The summed E-state index contributed by atoms with van der Waals surface area (Å²) in [5, 5.41) is 0. The smallest absolute Gasteiger partial charge is 0.318 e. The molecule has 0 aliphatic rings. The molecule has 0 amide bonds. The minimum atomic E-state index is -5.18. The number of rotatable bonds is 2. The minimum Gasteiger partial charge on any atom is -0.318 e. The summed E-state index contributed by atoms with van der Waals surface area (Å²) in [7, 11) is 0. The number of alkyl halides is 7. The van der Waals surface area contributed by atoms with Crippen LogP contribution in [-0.2, 0) is 0 Å². The number of hydrogen-bond donors (Lipinski definition) is 1. The van der Waals surface area contributed by atoms with E-state index in [1.807, 2.05) is 0 Å². The average Bonchev–Trinajstić information content (AvgIpc) is 1.79. The first-order valence-corrected chi connectivity index (χ1v) is 2.93. The van der Waals surface area contributed by atoms with E-state index in [4.69, 9.17) is 0 Å². The Morgan fingerprint density at radius 1 is 1.00 bits per heavy atom. The fraction of sp³-hybridized carbons (Fsp3) is 0.800. The maximum atomic E-state index is 12.2. The Hall–Kier alpha value is -0.530. The molecule has 0 fully saturated rings. The molecule has 0 spiro atoms. The maximum absolute atomic E-state index is 12.2. The van der Waals surface area contributed by atoms with Gasteiger partial charge < -0.3 is 5.73 Å². The van der Waals surface area contributed by atoms with Crippen LogP contribution in [-0.4, -0.2) is 24.6 Å². The van der Waals surface area contributed by atoms with Gasteiger partial charge in [-0.25, -0.2) is 4.39 Å². The van der Waals surface area contributed by atoms with Crippen LogP contribution in [0.1, 0.15) is 0 Å². The van der Waals surface area contributed by atoms with E-state index in [0.29, 0.717) is 0 Å². The Balaban J connectivity index is 4.20. The fourth-order valence-electron chi connectivity index (χ4n) is 0.465. The standard InChI is InChI=1S/C5H5F7N/c6-2(1-4(7,8)9)3(13)5(10,11)12/h1-3H,13H2. The topological polar surface area (TPSA) is 26.0 Å². The molecule has 1 radical (unpaired) electrons. The van der Waals surface area contributed by atoms with Gasteiger partial charge >= 0.3 is 12.4 Å². The van der Waals surface area contributed by atoms with Gasteiger partial charge in [-0.2, -0.15) is 26.3 Å². The SMILES string of the molecule is NC(C(F)[CH]C(F)(F)F)C(F)(F)F. The van der Waals surface area contributed by atoms with E-state index in [1.54, 1.807) is 0 Å². The second-order valence-corrected chi connectivity index (χ2v) is 2.22. The Labute approximate surface area is 68.7 Å². The van der Waals surface area contributed by atoms with Crippen molar-refractivity contribution in [2.24, 2.45) is 5.73 Å². The van der Waals surface area contributed by atoms with Crippen molar-refractivity contribution in [3.05, 3.63) is 6.42 Å². The predicted octanol–water partition coefficient (Wildman–Crippen LogP) is 1.98. The summed E-state index contributed by atoms with van der Waals surface area (Å²) in [4.78, 5) is 0. The summed E-state index contributed by atoms with van der Waals surface area (Å²) in [5.41, 5.74) is 4.17. The molecule has 0 rings (SSSR count). The van der Waals surface area contributed by atoms with E-state index in [-0.39, 0.29) is 0 Å². The molecule has 0 aromatic rings. The molecule has 0 aliphatic carbocycles. The van der Waals surface area contributed by atoms with Crippen LogP contribution in [0.3, 0.4) is 0 Å². The third-order valence-electron chi connectivity index (χ3n) is 1.07. The molecule has 8 heteroatoms. The van der Waals surface area contributed by atoms with Crippen molar-refractivity contribution in [3.63, 3.8) is 0 Å². The molecule has 2 N–H and O–H groups in total. The second kappa shape index (κ2) is 3.69. The van der Waals surface area contributed by atoms with E-state index < -0.39 is 31.0 Å². The van der Waals surface area contributed by atoms with Gasteiger partial charge in [0.15, 0.2) is 0 Å². The summed E-state index contributed by atoms with van der Waals surface area (Å²) < 4.78 is 80.7. The molecule has 1 nitrogen and oxygen atoms in total. The zero-order valence-electron chi connectivity index (χ0n) is 5.96. The van der Waals surface area contributed by atoms with Crippen LogP contribution in [0, 0.1) is 6.42 Å². The van der Waals surface area contributed by atoms with Gasteiger partial charge in [-0.05, 0) is 0 Å². The summed E-state index contributed by atoms with van der Waals surface area (Å²) in [5.74, 6) is 0. The van der Waals surface area contributed by atoms with Crippen LogP contribution < -0.4 is 5.73 Å². The minimum absolute atomic E-state index is 1.04. The lowest BCUT2D eigenvalue weighted by Gasteiger charge is -2.19. The van der Waals surface area contributed by atoms with Crippen LogP contribution in [0.4, 0.5) is 30.7 Å². The van der Waals surface area contributed by atoms with E-state index in [0.717, 1.165) is 0 Å². The molecule has 2 atom stereocenters. The van der Waals surface area contributed by atoms with Crippen molar-refractivity contribution < 1.29 is 30.7 Å². The van der Waals surface area contributed by atoms with Crippen molar-refractivity contribution in [2.45, 2.75) is 24.6 Å². The van der Waals surface area contributed by atoms with Crippen molar-refractivity contribution in [1.29, 1.82) is 0 Å². The van der Waals surface area contributed by atoms with E-state index in [9.17, 15) is 30.7 Å². The van der Waals surface area contributed by atoms with Crippen molar-refractivity contribution in [2.75, 3.05) is 0 Å². The monoisotopic (exact) mass is 212 g/mol. The maximum Gasteiger partial charge on any atom is 0.406 e. The number of hydrogen-bond acceptors (Lipinski definition) is 1.